The fourth-order valence-corrected chi connectivity index (χ4v) is 1.95. The molecule has 1 atom stereocenters. The molecule has 0 saturated carbocycles. The van der Waals surface area contributed by atoms with Gasteiger partial charge in [-0.1, -0.05) is 29.3 Å². The van der Waals surface area contributed by atoms with Gasteiger partial charge in [-0.05, 0) is 32.9 Å². The van der Waals surface area contributed by atoms with Crippen molar-refractivity contribution in [3.63, 3.8) is 0 Å². The lowest BCUT2D eigenvalue weighted by Crippen LogP contribution is -2.43. The fourth-order valence-electron chi connectivity index (χ4n) is 1.60. The summed E-state index contributed by atoms with van der Waals surface area (Å²) in [7, 11) is 0. The Balaban J connectivity index is 2.84. The second-order valence-electron chi connectivity index (χ2n) is 4.63. The number of halogens is 2. The highest BCUT2D eigenvalue weighted by Gasteiger charge is 2.19. The molecule has 0 aliphatic rings. The lowest BCUT2D eigenvalue weighted by atomic mass is 10.2. The third kappa shape index (κ3) is 4.56. The number of nitrogens with zero attached hydrogens (tertiary/aromatic N) is 1. The van der Waals surface area contributed by atoms with Crippen LogP contribution in [0.4, 0.5) is 10.5 Å². The van der Waals surface area contributed by atoms with Crippen molar-refractivity contribution < 1.29 is 9.90 Å². The highest BCUT2D eigenvalue weighted by molar-refractivity contribution is 6.43. The molecule has 0 aromatic heterocycles. The lowest BCUT2D eigenvalue weighted by Gasteiger charge is -2.28. The molecule has 1 aromatic carbocycles. The van der Waals surface area contributed by atoms with E-state index in [0.29, 0.717) is 15.7 Å². The van der Waals surface area contributed by atoms with E-state index >= 15 is 0 Å². The molecule has 0 saturated heterocycles. The van der Waals surface area contributed by atoms with Gasteiger partial charge in [0, 0.05) is 12.6 Å². The van der Waals surface area contributed by atoms with Crippen LogP contribution in [-0.4, -0.2) is 34.7 Å². The number of amides is 2. The zero-order valence-electron chi connectivity index (χ0n) is 11.2. The summed E-state index contributed by atoms with van der Waals surface area (Å²) in [6.45, 7) is 5.64. The molecule has 1 aromatic rings. The van der Waals surface area contributed by atoms with Crippen molar-refractivity contribution in [1.29, 1.82) is 0 Å². The van der Waals surface area contributed by atoms with E-state index in [4.69, 9.17) is 23.2 Å². The summed E-state index contributed by atoms with van der Waals surface area (Å²) in [6.07, 6.45) is -0.594. The Morgan fingerprint density at radius 3 is 2.53 bits per heavy atom. The molecule has 6 heteroatoms. The van der Waals surface area contributed by atoms with E-state index < -0.39 is 6.10 Å². The second kappa shape index (κ2) is 6.98. The van der Waals surface area contributed by atoms with E-state index in [-0.39, 0.29) is 18.6 Å². The zero-order chi connectivity index (χ0) is 14.6. The number of hydrogen-bond acceptors (Lipinski definition) is 2. The molecule has 106 valence electrons. The van der Waals surface area contributed by atoms with E-state index in [1.807, 2.05) is 13.8 Å². The van der Waals surface area contributed by atoms with Gasteiger partial charge in [0.25, 0.3) is 0 Å². The van der Waals surface area contributed by atoms with Gasteiger partial charge >= 0.3 is 6.03 Å². The van der Waals surface area contributed by atoms with Crippen LogP contribution in [0.2, 0.25) is 10.0 Å². The van der Waals surface area contributed by atoms with Crippen molar-refractivity contribution in [3.8, 4) is 0 Å². The summed E-state index contributed by atoms with van der Waals surface area (Å²) in [4.78, 5) is 13.7. The van der Waals surface area contributed by atoms with Gasteiger partial charge in [-0.2, -0.15) is 0 Å². The van der Waals surface area contributed by atoms with Crippen molar-refractivity contribution in [2.45, 2.75) is 32.9 Å². The number of nitrogens with one attached hydrogen (secondary N) is 1. The number of urea groups is 1. The van der Waals surface area contributed by atoms with Gasteiger partial charge in [-0.15, -0.1) is 0 Å². The molecule has 0 radical (unpaired) electrons. The van der Waals surface area contributed by atoms with Crippen molar-refractivity contribution >= 4 is 34.9 Å². The van der Waals surface area contributed by atoms with Crippen LogP contribution < -0.4 is 5.32 Å². The summed E-state index contributed by atoms with van der Waals surface area (Å²) < 4.78 is 0. The normalized spacial score (nSPS) is 12.4. The number of aliphatic hydroxyl groups excluding tert-OH is 1. The maximum Gasteiger partial charge on any atom is 0.322 e. The zero-order valence-corrected chi connectivity index (χ0v) is 12.7. The predicted octanol–water partition coefficient (Wildman–Crippen LogP) is 3.62. The molecule has 1 rings (SSSR count). The Labute approximate surface area is 123 Å². The SMILES string of the molecule is CC(O)CN(C(=O)Nc1cccc(Cl)c1Cl)C(C)C. The molecule has 1 unspecified atom stereocenters. The summed E-state index contributed by atoms with van der Waals surface area (Å²) in [5, 5.41) is 12.8. The van der Waals surface area contributed by atoms with Gasteiger partial charge in [0.1, 0.15) is 0 Å². The summed E-state index contributed by atoms with van der Waals surface area (Å²) >= 11 is 11.9. The average Bonchev–Trinajstić information content (AvgIpc) is 2.31. The Morgan fingerprint density at radius 1 is 1.37 bits per heavy atom. The van der Waals surface area contributed by atoms with E-state index in [1.54, 1.807) is 25.1 Å². The minimum Gasteiger partial charge on any atom is -0.392 e. The molecule has 0 aliphatic carbocycles. The van der Waals surface area contributed by atoms with Crippen LogP contribution >= 0.6 is 23.2 Å². The van der Waals surface area contributed by atoms with E-state index in [1.165, 1.54) is 4.90 Å². The van der Waals surface area contributed by atoms with Gasteiger partial charge in [0.05, 0.1) is 21.8 Å². The van der Waals surface area contributed by atoms with Crippen LogP contribution in [0.15, 0.2) is 18.2 Å². The van der Waals surface area contributed by atoms with E-state index in [9.17, 15) is 9.90 Å². The quantitative estimate of drug-likeness (QED) is 0.892. The van der Waals surface area contributed by atoms with Gasteiger partial charge < -0.3 is 15.3 Å². The highest BCUT2D eigenvalue weighted by atomic mass is 35.5. The van der Waals surface area contributed by atoms with Crippen LogP contribution in [0.1, 0.15) is 20.8 Å². The third-order valence-corrected chi connectivity index (χ3v) is 3.36. The highest BCUT2D eigenvalue weighted by Crippen LogP contribution is 2.29. The fraction of sp³-hybridized carbons (Fsp3) is 0.462. The van der Waals surface area contributed by atoms with Crippen LogP contribution in [-0.2, 0) is 0 Å². The van der Waals surface area contributed by atoms with Gasteiger partial charge in [0.2, 0.25) is 0 Å². The van der Waals surface area contributed by atoms with Crippen molar-refractivity contribution in [2.24, 2.45) is 0 Å². The average molecular weight is 305 g/mol. The topological polar surface area (TPSA) is 52.6 Å². The maximum absolute atomic E-state index is 12.2. The Hall–Kier alpha value is -0.970. The summed E-state index contributed by atoms with van der Waals surface area (Å²) in [5.74, 6) is 0. The van der Waals surface area contributed by atoms with E-state index in [0.717, 1.165) is 0 Å². The Bertz CT molecular complexity index is 450. The van der Waals surface area contributed by atoms with Crippen molar-refractivity contribution in [3.05, 3.63) is 28.2 Å². The van der Waals surface area contributed by atoms with Gasteiger partial charge in [0.15, 0.2) is 0 Å². The first-order valence-corrected chi connectivity index (χ1v) is 6.78. The molecule has 2 amide bonds. The molecular formula is C13H18Cl2N2O2. The molecule has 0 fully saturated rings. The van der Waals surface area contributed by atoms with Crippen LogP contribution in [0.25, 0.3) is 0 Å². The third-order valence-electron chi connectivity index (χ3n) is 2.54. The smallest absolute Gasteiger partial charge is 0.322 e. The first-order chi connectivity index (χ1) is 8.82. The molecule has 0 spiro atoms. The predicted molar refractivity (Wildman–Crippen MR) is 79.0 cm³/mol. The second-order valence-corrected chi connectivity index (χ2v) is 5.41. The molecule has 4 nitrogen and oxygen atoms in total. The number of rotatable bonds is 4. The standard InChI is InChI=1S/C13H18Cl2N2O2/c1-8(2)17(7-9(3)18)13(19)16-11-6-4-5-10(14)12(11)15/h4-6,8-9,18H,7H2,1-3H3,(H,16,19). The molecule has 0 heterocycles. The van der Waals surface area contributed by atoms with Crippen LogP contribution in [0.5, 0.6) is 0 Å². The van der Waals surface area contributed by atoms with Gasteiger partial charge in [-0.25, -0.2) is 4.79 Å². The minimum atomic E-state index is -0.594. The number of benzene rings is 1. The molecule has 0 aliphatic heterocycles. The molecule has 2 N–H and O–H groups in total. The largest absolute Gasteiger partial charge is 0.392 e. The first-order valence-electron chi connectivity index (χ1n) is 6.02. The molecular weight excluding hydrogens is 287 g/mol. The molecule has 19 heavy (non-hydrogen) atoms. The Kier molecular flexibility index (Phi) is 5.91. The number of hydrogen-bond donors (Lipinski definition) is 2. The molecule has 0 bridgehead atoms. The maximum atomic E-state index is 12.2. The lowest BCUT2D eigenvalue weighted by molar-refractivity contribution is 0.125. The van der Waals surface area contributed by atoms with Crippen LogP contribution in [0, 0.1) is 0 Å². The number of aliphatic hydroxyl groups is 1. The summed E-state index contributed by atoms with van der Waals surface area (Å²) in [6, 6.07) is 4.67. The summed E-state index contributed by atoms with van der Waals surface area (Å²) in [5.41, 5.74) is 0.454. The van der Waals surface area contributed by atoms with Gasteiger partial charge in [-0.3, -0.25) is 0 Å². The first kappa shape index (κ1) is 16.1. The number of carbonyl (C=O) groups excluding carboxylic acids is 1. The minimum absolute atomic E-state index is 0.0347. The van der Waals surface area contributed by atoms with Crippen LogP contribution in [0.3, 0.4) is 0 Å². The van der Waals surface area contributed by atoms with Crippen molar-refractivity contribution in [1.82, 2.24) is 4.90 Å². The number of carbonyl (C=O) groups is 1. The number of anilines is 1. The van der Waals surface area contributed by atoms with Crippen molar-refractivity contribution in [2.75, 3.05) is 11.9 Å². The Morgan fingerprint density at radius 2 is 2.00 bits per heavy atom. The van der Waals surface area contributed by atoms with E-state index in [2.05, 4.69) is 5.32 Å². The monoisotopic (exact) mass is 304 g/mol.